The van der Waals surface area contributed by atoms with Crippen molar-refractivity contribution in [2.24, 2.45) is 27.9 Å². The van der Waals surface area contributed by atoms with E-state index in [1.807, 2.05) is 69.9 Å². The number of aliphatic carboxylic acids is 1. The van der Waals surface area contributed by atoms with Crippen LogP contribution >= 0.6 is 11.3 Å². The van der Waals surface area contributed by atoms with Gasteiger partial charge in [-0.05, 0) is 172 Å². The van der Waals surface area contributed by atoms with Crippen LogP contribution in [0.15, 0.2) is 97.2 Å². The summed E-state index contributed by atoms with van der Waals surface area (Å²) in [5.41, 5.74) is 10.5. The number of carboxylic acid groups (broad SMARTS) is 2. The number of anilines is 3. The molecule has 4 aliphatic carbocycles. The fourth-order valence-corrected chi connectivity index (χ4v) is 19.0. The maximum Gasteiger partial charge on any atom is 0.410 e. The molecule has 107 heavy (non-hydrogen) atoms. The first-order valence-corrected chi connectivity index (χ1v) is 37.8. The van der Waals surface area contributed by atoms with Crippen molar-refractivity contribution in [2.45, 2.75) is 174 Å². The van der Waals surface area contributed by atoms with Gasteiger partial charge in [0, 0.05) is 105 Å². The number of nitrogens with zero attached hydrogens (tertiary/aromatic N) is 8. The maximum atomic E-state index is 14.5. The van der Waals surface area contributed by atoms with Gasteiger partial charge in [0.05, 0.1) is 35.2 Å². The van der Waals surface area contributed by atoms with Gasteiger partial charge in [-0.1, -0.05) is 81.9 Å². The second-order valence-electron chi connectivity index (χ2n) is 31.0. The van der Waals surface area contributed by atoms with Crippen molar-refractivity contribution in [3.63, 3.8) is 0 Å². The molecule has 3 aromatic carbocycles. The maximum absolute atomic E-state index is 14.5. The number of carboxylic acids is 2. The molecule has 3 aliphatic heterocycles. The van der Waals surface area contributed by atoms with Gasteiger partial charge in [-0.25, -0.2) is 24.4 Å². The zero-order chi connectivity index (χ0) is 76.0. The Bertz CT molecular complexity index is 4340. The summed E-state index contributed by atoms with van der Waals surface area (Å²) in [4.78, 5) is 146. The van der Waals surface area contributed by atoms with E-state index in [1.54, 1.807) is 55.3 Å². The molecule has 9 amide bonds. The van der Waals surface area contributed by atoms with Crippen molar-refractivity contribution in [3.05, 3.63) is 131 Å². The molecule has 7 aliphatic rings. The summed E-state index contributed by atoms with van der Waals surface area (Å²) < 4.78 is 16.3. The van der Waals surface area contributed by atoms with Gasteiger partial charge in [-0.2, -0.15) is 5.10 Å². The van der Waals surface area contributed by atoms with Crippen LogP contribution in [0.5, 0.6) is 0 Å². The number of nitrogens with one attached hydrogen (secondary N) is 5. The lowest BCUT2D eigenvalue weighted by Gasteiger charge is -2.69. The number of carbonyl (C=O) groups is 10. The number of fused-ring (bicyclic) bond motifs is 2. The van der Waals surface area contributed by atoms with Crippen molar-refractivity contribution in [2.75, 3.05) is 68.0 Å². The first-order chi connectivity index (χ1) is 51.1. The molecule has 5 fully saturated rings. The Kier molecular flexibility index (Phi) is 23.3. The van der Waals surface area contributed by atoms with Crippen LogP contribution in [-0.4, -0.2) is 180 Å². The number of amides is 9. The number of aromatic carboxylic acids is 1. The molecule has 29 heteroatoms. The molecule has 28 nitrogen and oxygen atoms in total. The number of pyridine rings is 1. The van der Waals surface area contributed by atoms with E-state index in [0.29, 0.717) is 110 Å². The summed E-state index contributed by atoms with van der Waals surface area (Å²) in [5, 5.41) is 39.9. The summed E-state index contributed by atoms with van der Waals surface area (Å²) in [6, 6.07) is 20.7. The molecular formula is C78H96N14O14S. The van der Waals surface area contributed by atoms with Gasteiger partial charge in [0.2, 0.25) is 17.7 Å². The molecule has 13 rings (SSSR count). The van der Waals surface area contributed by atoms with Gasteiger partial charge in [0.15, 0.2) is 10.8 Å². The van der Waals surface area contributed by atoms with Crippen LogP contribution in [0, 0.1) is 29.1 Å². The second kappa shape index (κ2) is 32.5. The van der Waals surface area contributed by atoms with Gasteiger partial charge in [-0.3, -0.25) is 53.4 Å². The molecule has 4 saturated carbocycles. The number of urea groups is 1. The summed E-state index contributed by atoms with van der Waals surface area (Å²) >= 11 is 1.41. The van der Waals surface area contributed by atoms with Crippen molar-refractivity contribution in [1.82, 2.24) is 50.4 Å². The quantitative estimate of drug-likeness (QED) is 0.0144. The second-order valence-corrected chi connectivity index (χ2v) is 32.1. The van der Waals surface area contributed by atoms with E-state index in [-0.39, 0.29) is 116 Å². The predicted molar refractivity (Wildman–Crippen MR) is 400 cm³/mol. The number of likely N-dealkylation sites (tertiary alicyclic amines) is 1. The number of carbonyl (C=O) groups excluding carboxylic acids is 8. The summed E-state index contributed by atoms with van der Waals surface area (Å²) in [6.45, 7) is 13.3. The van der Waals surface area contributed by atoms with Crippen molar-refractivity contribution >= 4 is 97.7 Å². The molecule has 2 unspecified atom stereocenters. The number of nitrogens with two attached hydrogens (primary N) is 1. The fraction of sp³-hybridized carbons (Fsp3) is 0.500. The molecule has 3 aromatic heterocycles. The lowest BCUT2D eigenvalue weighted by molar-refractivity contribution is -0.249. The van der Waals surface area contributed by atoms with E-state index in [0.717, 1.165) is 70.5 Å². The zero-order valence-electron chi connectivity index (χ0n) is 61.3. The van der Waals surface area contributed by atoms with Crippen LogP contribution in [-0.2, 0) is 64.4 Å². The highest BCUT2D eigenvalue weighted by atomic mass is 32.1. The Hall–Kier alpha value is -10.1. The molecule has 9 N–H and O–H groups in total. The van der Waals surface area contributed by atoms with E-state index in [1.165, 1.54) is 23.5 Å². The van der Waals surface area contributed by atoms with E-state index in [9.17, 15) is 58.2 Å². The van der Waals surface area contributed by atoms with Crippen molar-refractivity contribution in [1.29, 1.82) is 0 Å². The number of ether oxygens (including phenoxy) is 2. The third kappa shape index (κ3) is 18.3. The minimum atomic E-state index is -1.17. The molecule has 0 spiro atoms. The number of piperidine rings is 1. The highest BCUT2D eigenvalue weighted by Gasteiger charge is 2.66. The van der Waals surface area contributed by atoms with Gasteiger partial charge >= 0.3 is 24.1 Å². The van der Waals surface area contributed by atoms with Gasteiger partial charge in [-0.15, -0.1) is 0 Å². The Labute approximate surface area is 624 Å². The zero-order valence-corrected chi connectivity index (χ0v) is 62.1. The van der Waals surface area contributed by atoms with Gasteiger partial charge in [0.1, 0.15) is 24.5 Å². The molecule has 4 atom stereocenters. The Morgan fingerprint density at radius 3 is 2.22 bits per heavy atom. The minimum Gasteiger partial charge on any atom is -0.480 e. The Balaban J connectivity index is 0.675. The Morgan fingerprint density at radius 1 is 0.785 bits per heavy atom. The number of aromatic nitrogens is 4. The number of para-hydroxylation sites is 1. The molecule has 568 valence electrons. The molecule has 6 heterocycles. The normalized spacial score (nSPS) is 21.6. The number of imide groups is 1. The van der Waals surface area contributed by atoms with Crippen LogP contribution in [0.3, 0.4) is 0 Å². The standard InChI is InChI=1S/C78H96N14O14S/c1-48(2)66(86-62(93)18-7-6-10-31-91-63(94)25-26-64(91)95)70(100)83-59(16-12-30-80-72(79)103)69(99)82-52-21-19-50(20-22-52)40-105-74(104)90(53-28-32-88(33-29-53)39-65(96)97)35-36-106-78-44-75(4)41-76(5,45-78)43-77(42-75,46-78)47-92-49(3)56(37-81-92)54-23-24-61(85-67(54)71(101)102)89-34-27-51-13-11-14-55(57(51)38-89)68(98)87-73-84-58-15-8-9-17-60(58)107-73/h8-9,11,13-15,17,19-26,37,48,53,59,66H,6-7,10,12,16,18,27-36,38-47H2,1-5H3,(H,82,99)(H,83,100)(H,86,93)(H,96,97)(H,101,102)(H3,79,80,103)(H,84,87,98)/t59-,66-,75?,76?,77?,78?/m0/s1. The van der Waals surface area contributed by atoms with E-state index in [2.05, 4.69) is 45.4 Å². The largest absolute Gasteiger partial charge is 0.480 e. The molecule has 0 radical (unpaired) electrons. The topological polar surface area (TPSA) is 372 Å². The number of hydrogen-bond donors (Lipinski definition) is 8. The number of unbranched alkanes of at least 4 members (excludes halogenated alkanes) is 2. The van der Waals surface area contributed by atoms with Crippen molar-refractivity contribution < 1.29 is 67.6 Å². The van der Waals surface area contributed by atoms with Gasteiger partial charge < -0.3 is 56.5 Å². The third-order valence-corrected chi connectivity index (χ3v) is 22.9. The first-order valence-electron chi connectivity index (χ1n) is 37.0. The predicted octanol–water partition coefficient (Wildman–Crippen LogP) is 9.20. The summed E-state index contributed by atoms with van der Waals surface area (Å²) in [6.07, 6.45) is 12.7. The number of benzene rings is 3. The summed E-state index contributed by atoms with van der Waals surface area (Å²) in [7, 11) is 0. The highest BCUT2D eigenvalue weighted by molar-refractivity contribution is 7.22. The number of hydrogen-bond acceptors (Lipinski definition) is 18. The minimum absolute atomic E-state index is 0.0569. The lowest BCUT2D eigenvalue weighted by atomic mass is 9.39. The van der Waals surface area contributed by atoms with Crippen LogP contribution in [0.1, 0.15) is 161 Å². The Morgan fingerprint density at radius 2 is 1.52 bits per heavy atom. The first kappa shape index (κ1) is 76.5. The number of primary amides is 1. The third-order valence-electron chi connectivity index (χ3n) is 21.9. The van der Waals surface area contributed by atoms with Crippen LogP contribution < -0.4 is 37.2 Å². The fourth-order valence-electron chi connectivity index (χ4n) is 18.1. The number of rotatable bonds is 32. The smallest absolute Gasteiger partial charge is 0.410 e. The SMILES string of the molecule is Cc1c(-c2ccc(N3CCc4cccc(C(=O)Nc5nc6ccccc6s5)c4C3)nc2C(=O)O)cnn1CC12CC3(C)CC(C)(C1)CC(OCCN(C(=O)OCc1ccc(NC(=O)[C@H](CCCNC(N)=O)NC(=O)[C@@H](NC(=O)CCCCCN4C(=O)C=CC4=O)C(C)C)cc1)C1CCN(CC(=O)O)CC1)(C3)C2. The molecule has 6 aromatic rings. The average Bonchev–Trinajstić information content (AvgIpc) is 0.770. The van der Waals surface area contributed by atoms with Crippen molar-refractivity contribution in [3.8, 4) is 11.1 Å². The molecular weight excluding hydrogens is 1390 g/mol. The lowest BCUT2D eigenvalue weighted by Crippen LogP contribution is -2.64. The monoisotopic (exact) mass is 1480 g/mol. The number of thiazole rings is 1. The average molecular weight is 1490 g/mol. The van der Waals surface area contributed by atoms with Crippen LogP contribution in [0.2, 0.25) is 0 Å². The van der Waals surface area contributed by atoms with E-state index in [4.69, 9.17) is 25.3 Å². The molecule has 1 saturated heterocycles. The highest BCUT2D eigenvalue weighted by Crippen LogP contribution is 2.72. The van der Waals surface area contributed by atoms with Crippen LogP contribution in [0.4, 0.5) is 26.2 Å². The van der Waals surface area contributed by atoms with E-state index < -0.39 is 53.6 Å². The van der Waals surface area contributed by atoms with Crippen LogP contribution in [0.25, 0.3) is 21.3 Å². The summed E-state index contributed by atoms with van der Waals surface area (Å²) in [5.74, 6) is -4.51. The van der Waals surface area contributed by atoms with E-state index >= 15 is 0 Å². The molecule has 4 bridgehead atoms. The van der Waals surface area contributed by atoms with Gasteiger partial charge in [0.25, 0.3) is 17.7 Å².